The van der Waals surface area contributed by atoms with Crippen molar-refractivity contribution in [3.63, 3.8) is 0 Å². The second kappa shape index (κ2) is 5.15. The summed E-state index contributed by atoms with van der Waals surface area (Å²) in [6.07, 6.45) is 5.89. The van der Waals surface area contributed by atoms with Crippen LogP contribution in [0.3, 0.4) is 0 Å². The Balaban J connectivity index is 2.01. The molecule has 0 aromatic carbocycles. The quantitative estimate of drug-likeness (QED) is 0.663. The highest BCUT2D eigenvalue weighted by molar-refractivity contribution is 9.09. The first kappa shape index (κ1) is 9.53. The van der Waals surface area contributed by atoms with E-state index in [0.29, 0.717) is 12.0 Å². The summed E-state index contributed by atoms with van der Waals surface area (Å²) in [7, 11) is 0. The summed E-state index contributed by atoms with van der Waals surface area (Å²) in [5, 5.41) is 1.06. The maximum Gasteiger partial charge on any atom is 0.0575 e. The lowest BCUT2D eigenvalue weighted by Crippen LogP contribution is -2.14. The lowest BCUT2D eigenvalue weighted by atomic mass is 10.2. The summed E-state index contributed by atoms with van der Waals surface area (Å²) in [4.78, 5) is 0. The van der Waals surface area contributed by atoms with E-state index in [-0.39, 0.29) is 0 Å². The van der Waals surface area contributed by atoms with Crippen molar-refractivity contribution in [1.29, 1.82) is 0 Å². The Morgan fingerprint density at radius 2 is 2.09 bits per heavy atom. The third-order valence-corrected chi connectivity index (χ3v) is 3.29. The Morgan fingerprint density at radius 3 is 2.64 bits per heavy atom. The van der Waals surface area contributed by atoms with Gasteiger partial charge in [0.15, 0.2) is 0 Å². The van der Waals surface area contributed by atoms with Crippen LogP contribution in [-0.2, 0) is 4.74 Å². The fourth-order valence-electron chi connectivity index (χ4n) is 1.40. The molecule has 0 amide bonds. The van der Waals surface area contributed by atoms with Crippen molar-refractivity contribution in [2.45, 2.75) is 38.7 Å². The molecule has 0 saturated heterocycles. The van der Waals surface area contributed by atoms with E-state index in [0.717, 1.165) is 11.9 Å². The van der Waals surface area contributed by atoms with Crippen molar-refractivity contribution in [2.75, 3.05) is 11.9 Å². The minimum atomic E-state index is 0.580. The molecule has 1 aliphatic rings. The first-order chi connectivity index (χ1) is 5.33. The molecule has 1 fully saturated rings. The normalized spacial score (nSPS) is 22.4. The largest absolute Gasteiger partial charge is 0.378 e. The summed E-state index contributed by atoms with van der Waals surface area (Å²) < 4.78 is 5.73. The molecular weight excluding hydrogens is 204 g/mol. The van der Waals surface area contributed by atoms with Crippen LogP contribution >= 0.6 is 15.9 Å². The van der Waals surface area contributed by atoms with Crippen LogP contribution in [0.1, 0.15) is 32.6 Å². The molecule has 0 heterocycles. The van der Waals surface area contributed by atoms with Crippen LogP contribution in [0, 0.1) is 5.92 Å². The summed E-state index contributed by atoms with van der Waals surface area (Å²) in [5.41, 5.74) is 0. The average Bonchev–Trinajstić information content (AvgIpc) is 2.52. The molecule has 66 valence electrons. The van der Waals surface area contributed by atoms with Crippen LogP contribution in [0.2, 0.25) is 0 Å². The van der Waals surface area contributed by atoms with E-state index in [1.165, 1.54) is 25.7 Å². The summed E-state index contributed by atoms with van der Waals surface area (Å²) in [6.45, 7) is 3.14. The van der Waals surface area contributed by atoms with E-state index < -0.39 is 0 Å². The number of hydrogen-bond donors (Lipinski definition) is 0. The van der Waals surface area contributed by atoms with Gasteiger partial charge in [-0.2, -0.15) is 0 Å². The molecule has 1 saturated carbocycles. The number of alkyl halides is 1. The standard InChI is InChI=1S/C9H17BrO/c1-8(6-10)7-11-9-4-2-3-5-9/h8-9H,2-7H2,1H3. The Bertz CT molecular complexity index is 99.7. The molecule has 0 N–H and O–H groups in total. The van der Waals surface area contributed by atoms with Gasteiger partial charge in [-0.1, -0.05) is 35.7 Å². The lowest BCUT2D eigenvalue weighted by Gasteiger charge is -2.13. The number of halogens is 1. The van der Waals surface area contributed by atoms with Crippen molar-refractivity contribution in [3.05, 3.63) is 0 Å². The highest BCUT2D eigenvalue weighted by Gasteiger charge is 2.15. The predicted molar refractivity (Wildman–Crippen MR) is 51.2 cm³/mol. The van der Waals surface area contributed by atoms with Gasteiger partial charge in [0, 0.05) is 5.33 Å². The van der Waals surface area contributed by atoms with Gasteiger partial charge in [0.05, 0.1) is 12.7 Å². The number of rotatable bonds is 4. The first-order valence-electron chi connectivity index (χ1n) is 4.50. The van der Waals surface area contributed by atoms with Gasteiger partial charge in [0.1, 0.15) is 0 Å². The third kappa shape index (κ3) is 3.57. The molecule has 11 heavy (non-hydrogen) atoms. The SMILES string of the molecule is CC(CBr)COC1CCCC1. The molecule has 1 aliphatic carbocycles. The summed E-state index contributed by atoms with van der Waals surface area (Å²) in [6, 6.07) is 0. The Kier molecular flexibility index (Phi) is 4.46. The highest BCUT2D eigenvalue weighted by atomic mass is 79.9. The van der Waals surface area contributed by atoms with Crippen molar-refractivity contribution >= 4 is 15.9 Å². The van der Waals surface area contributed by atoms with Gasteiger partial charge in [-0.25, -0.2) is 0 Å². The molecule has 1 nitrogen and oxygen atoms in total. The monoisotopic (exact) mass is 220 g/mol. The first-order valence-corrected chi connectivity index (χ1v) is 5.62. The number of ether oxygens (including phenoxy) is 1. The van der Waals surface area contributed by atoms with Gasteiger partial charge in [-0.05, 0) is 18.8 Å². The van der Waals surface area contributed by atoms with Crippen LogP contribution in [0.5, 0.6) is 0 Å². The highest BCUT2D eigenvalue weighted by Crippen LogP contribution is 2.21. The van der Waals surface area contributed by atoms with Crippen LogP contribution in [0.15, 0.2) is 0 Å². The van der Waals surface area contributed by atoms with Crippen molar-refractivity contribution in [3.8, 4) is 0 Å². The number of hydrogen-bond acceptors (Lipinski definition) is 1. The second-order valence-electron chi connectivity index (χ2n) is 3.50. The fourth-order valence-corrected chi connectivity index (χ4v) is 1.59. The fraction of sp³-hybridized carbons (Fsp3) is 1.00. The van der Waals surface area contributed by atoms with Crippen LogP contribution in [0.25, 0.3) is 0 Å². The Hall–Kier alpha value is 0.440. The van der Waals surface area contributed by atoms with E-state index in [9.17, 15) is 0 Å². The zero-order valence-electron chi connectivity index (χ0n) is 7.18. The molecule has 0 aliphatic heterocycles. The molecule has 0 radical (unpaired) electrons. The molecule has 0 bridgehead atoms. The maximum atomic E-state index is 5.73. The van der Waals surface area contributed by atoms with Gasteiger partial charge >= 0.3 is 0 Å². The molecular formula is C9H17BrO. The topological polar surface area (TPSA) is 9.23 Å². The molecule has 0 spiro atoms. The van der Waals surface area contributed by atoms with E-state index >= 15 is 0 Å². The Labute approximate surface area is 77.6 Å². The smallest absolute Gasteiger partial charge is 0.0575 e. The Morgan fingerprint density at radius 1 is 1.45 bits per heavy atom. The summed E-state index contributed by atoms with van der Waals surface area (Å²) >= 11 is 3.44. The minimum absolute atomic E-state index is 0.580. The minimum Gasteiger partial charge on any atom is -0.378 e. The van der Waals surface area contributed by atoms with E-state index in [1.807, 2.05) is 0 Å². The zero-order chi connectivity index (χ0) is 8.10. The van der Waals surface area contributed by atoms with E-state index in [4.69, 9.17) is 4.74 Å². The van der Waals surface area contributed by atoms with Gasteiger partial charge in [0.2, 0.25) is 0 Å². The van der Waals surface area contributed by atoms with Crippen LogP contribution in [-0.4, -0.2) is 18.0 Å². The van der Waals surface area contributed by atoms with Gasteiger partial charge in [-0.3, -0.25) is 0 Å². The second-order valence-corrected chi connectivity index (χ2v) is 4.15. The predicted octanol–water partition coefficient (Wildman–Crippen LogP) is 2.98. The van der Waals surface area contributed by atoms with Crippen LogP contribution in [0.4, 0.5) is 0 Å². The maximum absolute atomic E-state index is 5.73. The van der Waals surface area contributed by atoms with Gasteiger partial charge < -0.3 is 4.74 Å². The van der Waals surface area contributed by atoms with Gasteiger partial charge in [-0.15, -0.1) is 0 Å². The third-order valence-electron chi connectivity index (χ3n) is 2.18. The van der Waals surface area contributed by atoms with Crippen molar-refractivity contribution in [2.24, 2.45) is 5.92 Å². The van der Waals surface area contributed by atoms with E-state index in [1.54, 1.807) is 0 Å². The molecule has 1 atom stereocenters. The average molecular weight is 221 g/mol. The molecule has 1 rings (SSSR count). The van der Waals surface area contributed by atoms with Crippen molar-refractivity contribution in [1.82, 2.24) is 0 Å². The lowest BCUT2D eigenvalue weighted by molar-refractivity contribution is 0.0418. The zero-order valence-corrected chi connectivity index (χ0v) is 8.77. The molecule has 0 aromatic heterocycles. The molecule has 1 unspecified atom stereocenters. The molecule has 2 heteroatoms. The summed E-state index contributed by atoms with van der Waals surface area (Å²) in [5.74, 6) is 0.663. The van der Waals surface area contributed by atoms with Crippen molar-refractivity contribution < 1.29 is 4.74 Å². The molecule has 0 aromatic rings. The van der Waals surface area contributed by atoms with E-state index in [2.05, 4.69) is 22.9 Å². The van der Waals surface area contributed by atoms with Gasteiger partial charge in [0.25, 0.3) is 0 Å². The van der Waals surface area contributed by atoms with Crippen LogP contribution < -0.4 is 0 Å².